The lowest BCUT2D eigenvalue weighted by Gasteiger charge is -2.15. The van der Waals surface area contributed by atoms with Gasteiger partial charge in [-0.25, -0.2) is 0 Å². The van der Waals surface area contributed by atoms with Crippen LogP contribution in [0, 0.1) is 13.8 Å². The maximum atomic E-state index is 6.01. The number of rotatable bonds is 6. The monoisotopic (exact) mass is 380 g/mol. The van der Waals surface area contributed by atoms with E-state index in [0.717, 1.165) is 33.8 Å². The molecule has 0 atom stereocenters. The Kier molecular flexibility index (Phi) is 5.62. The predicted octanol–water partition coefficient (Wildman–Crippen LogP) is 7.05. The summed E-state index contributed by atoms with van der Waals surface area (Å²) in [6.45, 7) is 4.32. The Balaban J connectivity index is 1.51. The summed E-state index contributed by atoms with van der Waals surface area (Å²) < 4.78 is 12.0. The molecule has 0 aliphatic rings. The number of hydrogen-bond acceptors (Lipinski definition) is 2. The first-order valence-electron chi connectivity index (χ1n) is 9.78. The third-order valence-corrected chi connectivity index (χ3v) is 4.93. The van der Waals surface area contributed by atoms with Crippen molar-refractivity contribution < 1.29 is 9.47 Å². The van der Waals surface area contributed by atoms with Crippen LogP contribution in [0.2, 0.25) is 0 Å². The maximum absolute atomic E-state index is 6.01. The zero-order valence-corrected chi connectivity index (χ0v) is 16.8. The fraction of sp³-hybridized carbons (Fsp3) is 0.111. The summed E-state index contributed by atoms with van der Waals surface area (Å²) in [6.07, 6.45) is 0. The summed E-state index contributed by atoms with van der Waals surface area (Å²) in [6, 6.07) is 33.0. The van der Waals surface area contributed by atoms with Crippen molar-refractivity contribution in [3.05, 3.63) is 108 Å². The van der Waals surface area contributed by atoms with Gasteiger partial charge in [0, 0.05) is 11.1 Å². The van der Waals surface area contributed by atoms with E-state index in [-0.39, 0.29) is 6.79 Å². The molecular weight excluding hydrogens is 356 g/mol. The average Bonchev–Trinajstić information content (AvgIpc) is 2.76. The summed E-state index contributed by atoms with van der Waals surface area (Å²) in [4.78, 5) is 0. The lowest BCUT2D eigenvalue weighted by Crippen LogP contribution is -2.07. The van der Waals surface area contributed by atoms with Gasteiger partial charge in [-0.05, 0) is 37.1 Å². The summed E-state index contributed by atoms with van der Waals surface area (Å²) in [5.41, 5.74) is 6.86. The van der Waals surface area contributed by atoms with Gasteiger partial charge in [-0.15, -0.1) is 0 Å². The van der Waals surface area contributed by atoms with Crippen LogP contribution in [0.25, 0.3) is 22.3 Å². The van der Waals surface area contributed by atoms with Crippen molar-refractivity contribution in [2.24, 2.45) is 0 Å². The molecule has 0 amide bonds. The first kappa shape index (κ1) is 18.8. The first-order chi connectivity index (χ1) is 14.2. The van der Waals surface area contributed by atoms with E-state index in [9.17, 15) is 0 Å². The Morgan fingerprint density at radius 2 is 0.862 bits per heavy atom. The molecule has 0 saturated carbocycles. The molecule has 4 aromatic carbocycles. The molecule has 0 spiro atoms. The van der Waals surface area contributed by atoms with Crippen LogP contribution < -0.4 is 9.47 Å². The van der Waals surface area contributed by atoms with Crippen molar-refractivity contribution in [1.29, 1.82) is 0 Å². The van der Waals surface area contributed by atoms with Crippen molar-refractivity contribution >= 4 is 0 Å². The molecule has 0 radical (unpaired) electrons. The highest BCUT2D eigenvalue weighted by molar-refractivity contribution is 5.71. The van der Waals surface area contributed by atoms with E-state index in [1.807, 2.05) is 36.4 Å². The molecule has 0 bridgehead atoms. The van der Waals surface area contributed by atoms with Crippen LogP contribution in [0.1, 0.15) is 11.1 Å². The van der Waals surface area contributed by atoms with Crippen LogP contribution in [-0.2, 0) is 0 Å². The summed E-state index contributed by atoms with van der Waals surface area (Å²) >= 11 is 0. The molecule has 144 valence electrons. The Hall–Kier alpha value is -3.52. The molecule has 0 N–H and O–H groups in total. The van der Waals surface area contributed by atoms with E-state index < -0.39 is 0 Å². The maximum Gasteiger partial charge on any atom is 0.230 e. The van der Waals surface area contributed by atoms with Crippen molar-refractivity contribution in [3.8, 4) is 33.8 Å². The lowest BCUT2D eigenvalue weighted by atomic mass is 10.0. The van der Waals surface area contributed by atoms with Crippen LogP contribution in [-0.4, -0.2) is 6.79 Å². The van der Waals surface area contributed by atoms with Gasteiger partial charge in [0.05, 0.1) is 0 Å². The Labute approximate surface area is 172 Å². The van der Waals surface area contributed by atoms with Gasteiger partial charge >= 0.3 is 0 Å². The van der Waals surface area contributed by atoms with Crippen molar-refractivity contribution in [1.82, 2.24) is 0 Å². The molecule has 0 aliphatic carbocycles. The van der Waals surface area contributed by atoms with Crippen molar-refractivity contribution in [3.63, 3.8) is 0 Å². The third-order valence-electron chi connectivity index (χ3n) is 4.93. The quantitative estimate of drug-likeness (QED) is 0.334. The number of hydrogen-bond donors (Lipinski definition) is 0. The molecule has 0 saturated heterocycles. The van der Waals surface area contributed by atoms with Gasteiger partial charge in [0.1, 0.15) is 11.5 Å². The SMILES string of the molecule is Cc1ccc(-c2ccccc2OCOc2ccccc2-c2ccc(C)cc2)cc1. The molecule has 0 unspecified atom stereocenters. The third kappa shape index (κ3) is 4.49. The van der Waals surface area contributed by atoms with Gasteiger partial charge in [-0.1, -0.05) is 96.1 Å². The minimum absolute atomic E-state index is 0.145. The van der Waals surface area contributed by atoms with Gasteiger partial charge in [0.15, 0.2) is 0 Å². The largest absolute Gasteiger partial charge is 0.457 e. The van der Waals surface area contributed by atoms with Crippen LogP contribution in [0.4, 0.5) is 0 Å². The second-order valence-electron chi connectivity index (χ2n) is 7.13. The van der Waals surface area contributed by atoms with E-state index in [4.69, 9.17) is 9.47 Å². The summed E-state index contributed by atoms with van der Waals surface area (Å²) in [7, 11) is 0. The minimum Gasteiger partial charge on any atom is -0.457 e. The topological polar surface area (TPSA) is 18.5 Å². The van der Waals surface area contributed by atoms with E-state index in [2.05, 4.69) is 74.5 Å². The van der Waals surface area contributed by atoms with Crippen LogP contribution in [0.5, 0.6) is 11.5 Å². The average molecular weight is 380 g/mol. The highest BCUT2D eigenvalue weighted by atomic mass is 16.7. The molecule has 2 nitrogen and oxygen atoms in total. The fourth-order valence-corrected chi connectivity index (χ4v) is 3.28. The highest BCUT2D eigenvalue weighted by Gasteiger charge is 2.08. The van der Waals surface area contributed by atoms with Crippen LogP contribution >= 0.6 is 0 Å². The molecule has 0 heterocycles. The zero-order chi connectivity index (χ0) is 20.1. The van der Waals surface area contributed by atoms with Crippen LogP contribution in [0.15, 0.2) is 97.1 Å². The highest BCUT2D eigenvalue weighted by Crippen LogP contribution is 2.32. The molecular formula is C27H24O2. The second kappa shape index (κ2) is 8.66. The number of aryl methyl sites for hydroxylation is 2. The molecule has 0 aliphatic heterocycles. The summed E-state index contributed by atoms with van der Waals surface area (Å²) in [5, 5.41) is 0. The Bertz CT molecular complexity index is 991. The number of ether oxygens (including phenoxy) is 2. The Morgan fingerprint density at radius 3 is 1.28 bits per heavy atom. The molecule has 2 heteroatoms. The lowest BCUT2D eigenvalue weighted by molar-refractivity contribution is 0.121. The fourth-order valence-electron chi connectivity index (χ4n) is 3.28. The normalized spacial score (nSPS) is 10.6. The predicted molar refractivity (Wildman–Crippen MR) is 119 cm³/mol. The minimum atomic E-state index is 0.145. The number of benzene rings is 4. The number of para-hydroxylation sites is 2. The van der Waals surface area contributed by atoms with E-state index in [0.29, 0.717) is 0 Å². The smallest absolute Gasteiger partial charge is 0.230 e. The first-order valence-corrected chi connectivity index (χ1v) is 9.78. The molecule has 29 heavy (non-hydrogen) atoms. The van der Waals surface area contributed by atoms with Gasteiger partial charge in [-0.3, -0.25) is 0 Å². The molecule has 4 aromatic rings. The Morgan fingerprint density at radius 1 is 0.483 bits per heavy atom. The van der Waals surface area contributed by atoms with Gasteiger partial charge in [0.25, 0.3) is 0 Å². The second-order valence-corrected chi connectivity index (χ2v) is 7.13. The summed E-state index contributed by atoms with van der Waals surface area (Å²) in [5.74, 6) is 1.62. The van der Waals surface area contributed by atoms with Crippen molar-refractivity contribution in [2.45, 2.75) is 13.8 Å². The molecule has 0 fully saturated rings. The van der Waals surface area contributed by atoms with Gasteiger partial charge < -0.3 is 9.47 Å². The van der Waals surface area contributed by atoms with Crippen LogP contribution in [0.3, 0.4) is 0 Å². The zero-order valence-electron chi connectivity index (χ0n) is 16.8. The molecule has 0 aromatic heterocycles. The van der Waals surface area contributed by atoms with Crippen molar-refractivity contribution in [2.75, 3.05) is 6.79 Å². The standard InChI is InChI=1S/C27H24O2/c1-20-11-15-22(16-12-20)24-7-3-5-9-26(24)28-19-29-27-10-6-4-8-25(27)23-17-13-21(2)14-18-23/h3-18H,19H2,1-2H3. The van der Waals surface area contributed by atoms with E-state index in [1.165, 1.54) is 11.1 Å². The van der Waals surface area contributed by atoms with Gasteiger partial charge in [0.2, 0.25) is 6.79 Å². The van der Waals surface area contributed by atoms with E-state index in [1.54, 1.807) is 0 Å². The van der Waals surface area contributed by atoms with Gasteiger partial charge in [-0.2, -0.15) is 0 Å². The molecule has 4 rings (SSSR count). The van der Waals surface area contributed by atoms with E-state index >= 15 is 0 Å².